The smallest absolute Gasteiger partial charge is 0.330 e. The van der Waals surface area contributed by atoms with Gasteiger partial charge in [-0.05, 0) is 31.8 Å². The fourth-order valence-electron chi connectivity index (χ4n) is 1.82. The summed E-state index contributed by atoms with van der Waals surface area (Å²) in [7, 11) is 1.41. The zero-order chi connectivity index (χ0) is 10.4. The number of piperidine rings is 1. The Morgan fingerprint density at radius 2 is 2.43 bits per heavy atom. The van der Waals surface area contributed by atoms with Crippen LogP contribution in [0.3, 0.4) is 0 Å². The molecule has 0 aromatic rings. The predicted molar refractivity (Wildman–Crippen MR) is 56.0 cm³/mol. The molecule has 14 heavy (non-hydrogen) atoms. The third-order valence-electron chi connectivity index (χ3n) is 2.69. The van der Waals surface area contributed by atoms with Gasteiger partial charge in [0.25, 0.3) is 0 Å². The van der Waals surface area contributed by atoms with E-state index >= 15 is 0 Å². The summed E-state index contributed by atoms with van der Waals surface area (Å²) >= 11 is 0. The molecule has 0 N–H and O–H groups in total. The largest absolute Gasteiger partial charge is 0.466 e. The molecule has 0 amide bonds. The molecule has 1 aliphatic rings. The van der Waals surface area contributed by atoms with Crippen LogP contribution in [0.1, 0.15) is 19.8 Å². The van der Waals surface area contributed by atoms with Crippen molar-refractivity contribution in [2.24, 2.45) is 5.92 Å². The van der Waals surface area contributed by atoms with Gasteiger partial charge in [-0.15, -0.1) is 0 Å². The van der Waals surface area contributed by atoms with E-state index in [4.69, 9.17) is 0 Å². The summed E-state index contributed by atoms with van der Waals surface area (Å²) in [6.07, 6.45) is 5.94. The molecule has 1 rings (SSSR count). The molecule has 3 nitrogen and oxygen atoms in total. The summed E-state index contributed by atoms with van der Waals surface area (Å²) in [6, 6.07) is 0. The normalized spacial score (nSPS) is 24.0. The molecule has 1 fully saturated rings. The second kappa shape index (κ2) is 5.81. The van der Waals surface area contributed by atoms with Crippen molar-refractivity contribution in [1.29, 1.82) is 0 Å². The molecule has 1 heterocycles. The molecule has 0 spiro atoms. The number of ether oxygens (including phenoxy) is 1. The Hall–Kier alpha value is -0.830. The van der Waals surface area contributed by atoms with E-state index in [0.29, 0.717) is 5.92 Å². The second-order valence-electron chi connectivity index (χ2n) is 3.68. The highest BCUT2D eigenvalue weighted by atomic mass is 16.5. The van der Waals surface area contributed by atoms with Gasteiger partial charge in [-0.2, -0.15) is 0 Å². The molecule has 80 valence electrons. The summed E-state index contributed by atoms with van der Waals surface area (Å²) in [5.74, 6) is 0.265. The number of methoxy groups -OCH3 is 1. The van der Waals surface area contributed by atoms with Gasteiger partial charge in [0.15, 0.2) is 0 Å². The van der Waals surface area contributed by atoms with Gasteiger partial charge in [0.2, 0.25) is 0 Å². The van der Waals surface area contributed by atoms with Crippen LogP contribution >= 0.6 is 0 Å². The molecule has 1 atom stereocenters. The van der Waals surface area contributed by atoms with Crippen molar-refractivity contribution in [1.82, 2.24) is 4.90 Å². The highest BCUT2D eigenvalue weighted by Crippen LogP contribution is 2.17. The standard InChI is InChI=1S/C11H19NO2/c1-3-12-8-4-5-10(9-12)6-7-11(13)14-2/h6-7,10H,3-5,8-9H2,1-2H3/b7-6-. The van der Waals surface area contributed by atoms with E-state index in [1.807, 2.05) is 6.08 Å². The molecule has 0 radical (unpaired) electrons. The van der Waals surface area contributed by atoms with Gasteiger partial charge in [-0.3, -0.25) is 0 Å². The number of hydrogen-bond donors (Lipinski definition) is 0. The van der Waals surface area contributed by atoms with Crippen molar-refractivity contribution in [3.63, 3.8) is 0 Å². The minimum atomic E-state index is -0.251. The van der Waals surface area contributed by atoms with Crippen LogP contribution in [0.5, 0.6) is 0 Å². The Balaban J connectivity index is 2.37. The van der Waals surface area contributed by atoms with Crippen molar-refractivity contribution in [3.8, 4) is 0 Å². The molecule has 0 aliphatic carbocycles. The minimum absolute atomic E-state index is 0.251. The van der Waals surface area contributed by atoms with Gasteiger partial charge in [0.1, 0.15) is 0 Å². The molecule has 3 heteroatoms. The Kier molecular flexibility index (Phi) is 4.66. The van der Waals surface area contributed by atoms with Gasteiger partial charge in [-0.25, -0.2) is 4.79 Å². The number of likely N-dealkylation sites (tertiary alicyclic amines) is 1. The maximum atomic E-state index is 10.9. The average Bonchev–Trinajstić information content (AvgIpc) is 2.26. The minimum Gasteiger partial charge on any atom is -0.466 e. The Labute approximate surface area is 85.7 Å². The van der Waals surface area contributed by atoms with Gasteiger partial charge < -0.3 is 9.64 Å². The third kappa shape index (κ3) is 3.50. The molecule has 0 aromatic heterocycles. The molecule has 1 aliphatic heterocycles. The average molecular weight is 197 g/mol. The maximum absolute atomic E-state index is 10.9. The van der Waals surface area contributed by atoms with Crippen molar-refractivity contribution in [3.05, 3.63) is 12.2 Å². The number of rotatable bonds is 3. The van der Waals surface area contributed by atoms with E-state index in [2.05, 4.69) is 16.6 Å². The van der Waals surface area contributed by atoms with Crippen LogP contribution in [0.25, 0.3) is 0 Å². The van der Waals surface area contributed by atoms with Crippen molar-refractivity contribution >= 4 is 5.97 Å². The lowest BCUT2D eigenvalue weighted by atomic mass is 9.98. The summed E-state index contributed by atoms with van der Waals surface area (Å²) < 4.78 is 4.56. The fraction of sp³-hybridized carbons (Fsp3) is 0.727. The van der Waals surface area contributed by atoms with Crippen LogP contribution in [0.4, 0.5) is 0 Å². The fourth-order valence-corrected chi connectivity index (χ4v) is 1.82. The third-order valence-corrected chi connectivity index (χ3v) is 2.69. The first-order valence-corrected chi connectivity index (χ1v) is 5.24. The Morgan fingerprint density at radius 1 is 1.64 bits per heavy atom. The number of hydrogen-bond acceptors (Lipinski definition) is 3. The van der Waals surface area contributed by atoms with Gasteiger partial charge in [-0.1, -0.05) is 13.0 Å². The molecule has 0 saturated carbocycles. The SMILES string of the molecule is CCN1CCCC(/C=C\C(=O)OC)C1. The van der Waals surface area contributed by atoms with Crippen LogP contribution in [-0.2, 0) is 9.53 Å². The maximum Gasteiger partial charge on any atom is 0.330 e. The zero-order valence-corrected chi connectivity index (χ0v) is 9.03. The highest BCUT2D eigenvalue weighted by molar-refractivity contribution is 5.81. The molecular formula is C11H19NO2. The lowest BCUT2D eigenvalue weighted by Gasteiger charge is -2.30. The van der Waals surface area contributed by atoms with Crippen LogP contribution in [0.2, 0.25) is 0 Å². The van der Waals surface area contributed by atoms with Crippen LogP contribution in [0, 0.1) is 5.92 Å². The van der Waals surface area contributed by atoms with Crippen molar-refractivity contribution in [2.75, 3.05) is 26.7 Å². The highest BCUT2D eigenvalue weighted by Gasteiger charge is 2.16. The molecular weight excluding hydrogens is 178 g/mol. The molecule has 1 saturated heterocycles. The predicted octanol–water partition coefficient (Wildman–Crippen LogP) is 1.45. The zero-order valence-electron chi connectivity index (χ0n) is 9.03. The summed E-state index contributed by atoms with van der Waals surface area (Å²) in [5.41, 5.74) is 0. The lowest BCUT2D eigenvalue weighted by Crippen LogP contribution is -2.34. The van der Waals surface area contributed by atoms with E-state index < -0.39 is 0 Å². The van der Waals surface area contributed by atoms with E-state index in [-0.39, 0.29) is 5.97 Å². The first kappa shape index (κ1) is 11.2. The van der Waals surface area contributed by atoms with Gasteiger partial charge >= 0.3 is 5.97 Å². The van der Waals surface area contributed by atoms with Crippen LogP contribution in [-0.4, -0.2) is 37.6 Å². The first-order valence-electron chi connectivity index (χ1n) is 5.24. The van der Waals surface area contributed by atoms with Crippen LogP contribution in [0.15, 0.2) is 12.2 Å². The number of carbonyl (C=O) groups is 1. The van der Waals surface area contributed by atoms with Crippen molar-refractivity contribution < 1.29 is 9.53 Å². The topological polar surface area (TPSA) is 29.5 Å². The summed E-state index contributed by atoms with van der Waals surface area (Å²) in [6.45, 7) is 5.54. The quantitative estimate of drug-likeness (QED) is 0.506. The number of esters is 1. The Bertz CT molecular complexity index is 213. The number of carbonyl (C=O) groups excluding carboxylic acids is 1. The van der Waals surface area contributed by atoms with Crippen molar-refractivity contribution in [2.45, 2.75) is 19.8 Å². The first-order chi connectivity index (χ1) is 6.76. The van der Waals surface area contributed by atoms with E-state index in [1.54, 1.807) is 6.08 Å². The van der Waals surface area contributed by atoms with Gasteiger partial charge in [0, 0.05) is 12.6 Å². The van der Waals surface area contributed by atoms with E-state index in [1.165, 1.54) is 26.5 Å². The molecule has 0 aromatic carbocycles. The molecule has 0 bridgehead atoms. The molecule has 1 unspecified atom stereocenters. The van der Waals surface area contributed by atoms with E-state index in [0.717, 1.165) is 13.1 Å². The van der Waals surface area contributed by atoms with E-state index in [9.17, 15) is 4.79 Å². The monoisotopic (exact) mass is 197 g/mol. The van der Waals surface area contributed by atoms with Crippen LogP contribution < -0.4 is 0 Å². The lowest BCUT2D eigenvalue weighted by molar-refractivity contribution is -0.134. The summed E-state index contributed by atoms with van der Waals surface area (Å²) in [4.78, 5) is 13.3. The number of nitrogens with zero attached hydrogens (tertiary/aromatic N) is 1. The second-order valence-corrected chi connectivity index (χ2v) is 3.68. The van der Waals surface area contributed by atoms with Gasteiger partial charge in [0.05, 0.1) is 7.11 Å². The Morgan fingerprint density at radius 3 is 3.07 bits per heavy atom. The summed E-state index contributed by atoms with van der Waals surface area (Å²) in [5, 5.41) is 0.